The molecule has 1 heterocycles. The zero-order valence-corrected chi connectivity index (χ0v) is 10.3. The number of thioether (sulfide) groups is 1. The lowest BCUT2D eigenvalue weighted by molar-refractivity contribution is 0.380. The van der Waals surface area contributed by atoms with Crippen LogP contribution in [0.5, 0.6) is 0 Å². The largest absolute Gasteiger partial charge is 0.355 e. The summed E-state index contributed by atoms with van der Waals surface area (Å²) in [6.07, 6.45) is 6.72. The minimum atomic E-state index is 0.674. The van der Waals surface area contributed by atoms with E-state index in [1.807, 2.05) is 7.05 Å². The van der Waals surface area contributed by atoms with E-state index < -0.39 is 0 Å². The van der Waals surface area contributed by atoms with Crippen molar-refractivity contribution in [2.45, 2.75) is 43.4 Å². The second kappa shape index (κ2) is 5.64. The number of guanidine groups is 1. The Bertz CT molecular complexity index is 220. The van der Waals surface area contributed by atoms with Crippen molar-refractivity contribution >= 4 is 17.7 Å². The third-order valence-electron chi connectivity index (χ3n) is 3.19. The molecule has 1 atom stereocenters. The van der Waals surface area contributed by atoms with Crippen molar-refractivity contribution in [2.75, 3.05) is 19.3 Å². The molecule has 1 unspecified atom stereocenters. The topological polar surface area (TPSA) is 36.4 Å². The Hall–Kier alpha value is -0.380. The fourth-order valence-electron chi connectivity index (χ4n) is 1.96. The van der Waals surface area contributed by atoms with Gasteiger partial charge >= 0.3 is 0 Å². The van der Waals surface area contributed by atoms with E-state index in [4.69, 9.17) is 0 Å². The van der Waals surface area contributed by atoms with Gasteiger partial charge in [0.25, 0.3) is 0 Å². The molecule has 0 aromatic rings. The van der Waals surface area contributed by atoms with E-state index in [1.165, 1.54) is 37.9 Å². The first kappa shape index (κ1) is 11.1. The smallest absolute Gasteiger partial charge is 0.191 e. The molecule has 1 saturated carbocycles. The summed E-state index contributed by atoms with van der Waals surface area (Å²) in [5.74, 6) is 2.33. The molecule has 4 heteroatoms. The maximum Gasteiger partial charge on any atom is 0.191 e. The van der Waals surface area contributed by atoms with Gasteiger partial charge in [-0.15, -0.1) is 0 Å². The molecular weight excluding hydrogens is 206 g/mol. The van der Waals surface area contributed by atoms with Crippen LogP contribution in [0.25, 0.3) is 0 Å². The molecule has 1 saturated heterocycles. The zero-order chi connectivity index (χ0) is 10.5. The molecule has 0 bridgehead atoms. The van der Waals surface area contributed by atoms with Gasteiger partial charge in [-0.1, -0.05) is 0 Å². The van der Waals surface area contributed by atoms with Gasteiger partial charge in [-0.05, 0) is 37.9 Å². The Kier molecular flexibility index (Phi) is 4.18. The molecule has 1 aliphatic carbocycles. The van der Waals surface area contributed by atoms with Crippen molar-refractivity contribution in [1.82, 2.24) is 10.6 Å². The van der Waals surface area contributed by atoms with Crippen LogP contribution in [0, 0.1) is 0 Å². The van der Waals surface area contributed by atoms with E-state index in [9.17, 15) is 0 Å². The summed E-state index contributed by atoms with van der Waals surface area (Å²) in [4.78, 5) is 4.26. The predicted octanol–water partition coefficient (Wildman–Crippen LogP) is 1.60. The third-order valence-corrected chi connectivity index (χ3v) is 4.59. The molecule has 0 aromatic heterocycles. The average Bonchev–Trinajstić information content (AvgIpc) is 2.68. The molecule has 1 aliphatic heterocycles. The summed E-state index contributed by atoms with van der Waals surface area (Å²) in [6, 6.07) is 0.674. The van der Waals surface area contributed by atoms with Gasteiger partial charge in [-0.2, -0.15) is 11.8 Å². The highest BCUT2D eigenvalue weighted by molar-refractivity contribution is 8.00. The van der Waals surface area contributed by atoms with Crippen LogP contribution in [0.3, 0.4) is 0 Å². The average molecular weight is 227 g/mol. The minimum Gasteiger partial charge on any atom is -0.355 e. The second-order valence-electron chi connectivity index (χ2n) is 4.36. The summed E-state index contributed by atoms with van der Waals surface area (Å²) < 4.78 is 0. The summed E-state index contributed by atoms with van der Waals surface area (Å²) in [6.45, 7) is 1.07. The van der Waals surface area contributed by atoms with Gasteiger partial charge in [-0.3, -0.25) is 4.99 Å². The van der Waals surface area contributed by atoms with Gasteiger partial charge in [0.1, 0.15) is 0 Å². The predicted molar refractivity (Wildman–Crippen MR) is 67.6 cm³/mol. The first-order valence-electron chi connectivity index (χ1n) is 5.97. The van der Waals surface area contributed by atoms with Gasteiger partial charge < -0.3 is 10.6 Å². The van der Waals surface area contributed by atoms with Crippen LogP contribution in [-0.4, -0.2) is 36.6 Å². The number of nitrogens with one attached hydrogen (secondary N) is 2. The number of hydrogen-bond donors (Lipinski definition) is 2. The highest BCUT2D eigenvalue weighted by atomic mass is 32.2. The fourth-order valence-corrected chi connectivity index (χ4v) is 3.16. The Morgan fingerprint density at radius 3 is 2.73 bits per heavy atom. The van der Waals surface area contributed by atoms with E-state index in [0.29, 0.717) is 6.04 Å². The molecular formula is C11H21N3S. The maximum absolute atomic E-state index is 4.26. The fraction of sp³-hybridized carbons (Fsp3) is 0.909. The first-order valence-corrected chi connectivity index (χ1v) is 7.02. The summed E-state index contributed by atoms with van der Waals surface area (Å²) in [5.41, 5.74) is 0. The lowest BCUT2D eigenvalue weighted by Gasteiger charge is -2.28. The van der Waals surface area contributed by atoms with Crippen LogP contribution in [0.1, 0.15) is 32.1 Å². The van der Waals surface area contributed by atoms with Crippen molar-refractivity contribution in [3.63, 3.8) is 0 Å². The van der Waals surface area contributed by atoms with E-state index >= 15 is 0 Å². The molecule has 3 nitrogen and oxygen atoms in total. The van der Waals surface area contributed by atoms with Gasteiger partial charge in [0.05, 0.1) is 0 Å². The molecule has 86 valence electrons. The molecule has 0 spiro atoms. The van der Waals surface area contributed by atoms with Crippen molar-refractivity contribution in [3.8, 4) is 0 Å². The van der Waals surface area contributed by atoms with Gasteiger partial charge in [-0.25, -0.2) is 0 Å². The highest BCUT2D eigenvalue weighted by Crippen LogP contribution is 2.25. The standard InChI is InChI=1S/C11H21N3S/c1-12-11(14-9-4-2-5-9)13-8-10-6-3-7-15-10/h9-10H,2-8H2,1H3,(H2,12,13,14). The molecule has 2 N–H and O–H groups in total. The van der Waals surface area contributed by atoms with E-state index in [-0.39, 0.29) is 0 Å². The van der Waals surface area contributed by atoms with Crippen LogP contribution in [0.2, 0.25) is 0 Å². The van der Waals surface area contributed by atoms with Crippen molar-refractivity contribution in [2.24, 2.45) is 4.99 Å². The van der Waals surface area contributed by atoms with Crippen molar-refractivity contribution in [3.05, 3.63) is 0 Å². The Morgan fingerprint density at radius 1 is 1.33 bits per heavy atom. The maximum atomic E-state index is 4.26. The van der Waals surface area contributed by atoms with Crippen LogP contribution in [-0.2, 0) is 0 Å². The lowest BCUT2D eigenvalue weighted by Crippen LogP contribution is -2.47. The number of aliphatic imine (C=N–C) groups is 1. The van der Waals surface area contributed by atoms with Crippen molar-refractivity contribution < 1.29 is 0 Å². The van der Waals surface area contributed by atoms with Gasteiger partial charge in [0.15, 0.2) is 5.96 Å². The SMILES string of the molecule is CN=C(NCC1CCCS1)NC1CCC1. The molecule has 15 heavy (non-hydrogen) atoms. The minimum absolute atomic E-state index is 0.674. The second-order valence-corrected chi connectivity index (χ2v) is 5.77. The van der Waals surface area contributed by atoms with Crippen molar-refractivity contribution in [1.29, 1.82) is 0 Å². The molecule has 0 amide bonds. The van der Waals surface area contributed by atoms with E-state index in [0.717, 1.165) is 17.8 Å². The van der Waals surface area contributed by atoms with Crippen LogP contribution < -0.4 is 10.6 Å². The summed E-state index contributed by atoms with van der Waals surface area (Å²) in [5, 5.41) is 7.68. The normalized spacial score (nSPS) is 27.5. The van der Waals surface area contributed by atoms with E-state index in [2.05, 4.69) is 27.4 Å². The Morgan fingerprint density at radius 2 is 2.20 bits per heavy atom. The van der Waals surface area contributed by atoms with Crippen LogP contribution >= 0.6 is 11.8 Å². The molecule has 0 radical (unpaired) electrons. The van der Waals surface area contributed by atoms with E-state index in [1.54, 1.807) is 0 Å². The number of hydrogen-bond acceptors (Lipinski definition) is 2. The monoisotopic (exact) mass is 227 g/mol. The number of nitrogens with zero attached hydrogens (tertiary/aromatic N) is 1. The molecule has 2 aliphatic rings. The Labute approximate surface area is 96.5 Å². The van der Waals surface area contributed by atoms with Crippen LogP contribution in [0.4, 0.5) is 0 Å². The highest BCUT2D eigenvalue weighted by Gasteiger charge is 2.19. The molecule has 2 rings (SSSR count). The van der Waals surface area contributed by atoms with Gasteiger partial charge in [0, 0.05) is 24.9 Å². The Balaban J connectivity index is 1.65. The lowest BCUT2D eigenvalue weighted by atomic mass is 9.93. The quantitative estimate of drug-likeness (QED) is 0.568. The molecule has 0 aromatic carbocycles. The first-order chi connectivity index (χ1) is 7.38. The van der Waals surface area contributed by atoms with Gasteiger partial charge in [0.2, 0.25) is 0 Å². The third kappa shape index (κ3) is 3.30. The summed E-state index contributed by atoms with van der Waals surface area (Å²) in [7, 11) is 1.86. The zero-order valence-electron chi connectivity index (χ0n) is 9.46. The summed E-state index contributed by atoms with van der Waals surface area (Å²) >= 11 is 2.09. The van der Waals surface area contributed by atoms with Crippen LogP contribution in [0.15, 0.2) is 4.99 Å². The molecule has 2 fully saturated rings. The number of rotatable bonds is 3.